The van der Waals surface area contributed by atoms with Crippen molar-refractivity contribution in [3.05, 3.63) is 71.4 Å². The molecule has 3 heterocycles. The second-order valence-corrected chi connectivity index (χ2v) is 6.95. The molecule has 1 aliphatic rings. The maximum atomic E-state index is 12.3. The monoisotopic (exact) mass is 359 g/mol. The molecular formula is C22H21N3O2. The van der Waals surface area contributed by atoms with Gasteiger partial charge in [0.2, 0.25) is 0 Å². The van der Waals surface area contributed by atoms with Crippen molar-refractivity contribution in [3.63, 3.8) is 0 Å². The van der Waals surface area contributed by atoms with E-state index in [1.165, 1.54) is 11.6 Å². The van der Waals surface area contributed by atoms with Crippen molar-refractivity contribution >= 4 is 22.4 Å². The van der Waals surface area contributed by atoms with Crippen LogP contribution in [0.4, 0.5) is 0 Å². The summed E-state index contributed by atoms with van der Waals surface area (Å²) >= 11 is 0. The van der Waals surface area contributed by atoms with Crippen LogP contribution in [-0.4, -0.2) is 20.7 Å². The fourth-order valence-corrected chi connectivity index (χ4v) is 3.92. The normalized spacial score (nSPS) is 16.9. The van der Waals surface area contributed by atoms with Gasteiger partial charge < -0.3 is 9.97 Å². The maximum absolute atomic E-state index is 12.3. The highest BCUT2D eigenvalue weighted by molar-refractivity contribution is 6.01. The number of nitrogens with one attached hydrogen (secondary N) is 2. The fraction of sp³-hybridized carbons (Fsp3) is 0.227. The quantitative estimate of drug-likeness (QED) is 0.669. The number of nitrogens with zero attached hydrogens (tertiary/aromatic N) is 1. The van der Waals surface area contributed by atoms with Crippen molar-refractivity contribution in [2.75, 3.05) is 0 Å². The molecule has 5 nitrogen and oxygen atoms in total. The summed E-state index contributed by atoms with van der Waals surface area (Å²) in [5.41, 5.74) is 4.39. The van der Waals surface area contributed by atoms with Crippen LogP contribution in [0.5, 0.6) is 0 Å². The third-order valence-corrected chi connectivity index (χ3v) is 5.22. The van der Waals surface area contributed by atoms with Gasteiger partial charge in [0, 0.05) is 41.5 Å². The number of hydrogen-bond acceptors (Lipinski definition) is 3. The molecule has 0 fully saturated rings. The van der Waals surface area contributed by atoms with Gasteiger partial charge >= 0.3 is 0 Å². The molecule has 1 atom stereocenters. The molecule has 0 bridgehead atoms. The van der Waals surface area contributed by atoms with Gasteiger partial charge in [-0.2, -0.15) is 0 Å². The van der Waals surface area contributed by atoms with Crippen molar-refractivity contribution < 1.29 is 4.79 Å². The average Bonchev–Trinajstić information content (AvgIpc) is 3.12. The molecule has 5 heteroatoms. The number of rotatable bonds is 5. The van der Waals surface area contributed by atoms with Gasteiger partial charge in [0.25, 0.3) is 5.56 Å². The van der Waals surface area contributed by atoms with Crippen molar-refractivity contribution in [2.24, 2.45) is 5.92 Å². The van der Waals surface area contributed by atoms with Crippen molar-refractivity contribution in [1.82, 2.24) is 15.0 Å². The highest BCUT2D eigenvalue weighted by Crippen LogP contribution is 2.38. The molecule has 1 aliphatic carbocycles. The summed E-state index contributed by atoms with van der Waals surface area (Å²) in [6.07, 6.45) is 12.2. The number of allylic oxidation sites excluding steroid dienone is 3. The number of fused-ring (bicyclic) bond motifs is 1. The average molecular weight is 359 g/mol. The number of hydrogen-bond donors (Lipinski definition) is 2. The Bertz CT molecular complexity index is 1100. The molecule has 27 heavy (non-hydrogen) atoms. The lowest BCUT2D eigenvalue weighted by Gasteiger charge is -2.22. The maximum Gasteiger partial charge on any atom is 0.255 e. The van der Waals surface area contributed by atoms with E-state index in [0.717, 1.165) is 41.4 Å². The molecular weight excluding hydrogens is 338 g/mol. The smallest absolute Gasteiger partial charge is 0.255 e. The van der Waals surface area contributed by atoms with Crippen LogP contribution in [0.25, 0.3) is 27.7 Å². The first-order valence-electron chi connectivity index (χ1n) is 9.16. The number of aromatic amines is 2. The lowest BCUT2D eigenvalue weighted by atomic mass is 9.82. The minimum Gasteiger partial charge on any atom is -0.345 e. The number of carbonyl (C=O) groups is 1. The number of carbonyl (C=O) groups excluding carboxylic acids is 1. The second-order valence-electron chi connectivity index (χ2n) is 6.95. The van der Waals surface area contributed by atoms with Crippen LogP contribution >= 0.6 is 0 Å². The van der Waals surface area contributed by atoms with E-state index in [-0.39, 0.29) is 11.3 Å². The summed E-state index contributed by atoms with van der Waals surface area (Å²) in [6.45, 7) is 3.58. The number of pyridine rings is 2. The van der Waals surface area contributed by atoms with Crippen LogP contribution in [0, 0.1) is 5.92 Å². The summed E-state index contributed by atoms with van der Waals surface area (Å²) in [6, 6.07) is 5.64. The van der Waals surface area contributed by atoms with Gasteiger partial charge in [-0.3, -0.25) is 9.59 Å². The molecule has 0 saturated heterocycles. The predicted octanol–water partition coefficient (Wildman–Crippen LogP) is 4.25. The highest BCUT2D eigenvalue weighted by Gasteiger charge is 2.22. The molecule has 3 aromatic rings. The van der Waals surface area contributed by atoms with Gasteiger partial charge in [-0.25, -0.2) is 4.98 Å². The van der Waals surface area contributed by atoms with Gasteiger partial charge in [-0.1, -0.05) is 12.7 Å². The SMILES string of the molecule is C=CC(=O)CC1CCC=C(c2ccnc3[nH]cc(-c4ccc[nH]c4=O)c23)C1. The Balaban J connectivity index is 1.79. The van der Waals surface area contributed by atoms with E-state index in [0.29, 0.717) is 17.9 Å². The summed E-state index contributed by atoms with van der Waals surface area (Å²) in [5, 5.41) is 0.955. The summed E-state index contributed by atoms with van der Waals surface area (Å²) in [5.74, 6) is 0.417. The van der Waals surface area contributed by atoms with Crippen LogP contribution < -0.4 is 5.56 Å². The Hall–Kier alpha value is -3.21. The Kier molecular flexibility index (Phi) is 4.59. The van der Waals surface area contributed by atoms with E-state index < -0.39 is 0 Å². The zero-order chi connectivity index (χ0) is 18.8. The summed E-state index contributed by atoms with van der Waals surface area (Å²) in [7, 11) is 0. The van der Waals surface area contributed by atoms with Crippen LogP contribution in [0.2, 0.25) is 0 Å². The Morgan fingerprint density at radius 3 is 2.96 bits per heavy atom. The highest BCUT2D eigenvalue weighted by atomic mass is 16.1. The predicted molar refractivity (Wildman–Crippen MR) is 107 cm³/mol. The molecule has 0 spiro atoms. The van der Waals surface area contributed by atoms with E-state index in [1.807, 2.05) is 24.4 Å². The van der Waals surface area contributed by atoms with Crippen molar-refractivity contribution in [2.45, 2.75) is 25.7 Å². The van der Waals surface area contributed by atoms with Gasteiger partial charge in [0.05, 0.1) is 0 Å². The standard InChI is InChI=1S/C22H21N3O2/c1-2-16(26)12-14-5-3-6-15(11-14)17-8-10-23-21-20(17)19(13-25-21)18-7-4-9-24-22(18)27/h2,4,6-10,13-14H,1,3,5,11-12H2,(H,23,25)(H,24,27). The molecule has 0 radical (unpaired) electrons. The van der Waals surface area contributed by atoms with Gasteiger partial charge in [0.1, 0.15) is 5.65 Å². The lowest BCUT2D eigenvalue weighted by molar-refractivity contribution is -0.115. The number of aromatic nitrogens is 3. The number of ketones is 1. The van der Waals surface area contributed by atoms with Gasteiger partial charge in [-0.05, 0) is 60.6 Å². The summed E-state index contributed by atoms with van der Waals surface area (Å²) < 4.78 is 0. The molecule has 2 N–H and O–H groups in total. The first-order chi connectivity index (χ1) is 13.2. The molecule has 0 saturated carbocycles. The van der Waals surface area contributed by atoms with Crippen LogP contribution in [0.1, 0.15) is 31.2 Å². The Morgan fingerprint density at radius 1 is 1.26 bits per heavy atom. The topological polar surface area (TPSA) is 78.6 Å². The molecule has 3 aromatic heterocycles. The first-order valence-corrected chi connectivity index (χ1v) is 9.16. The number of H-pyrrole nitrogens is 2. The third kappa shape index (κ3) is 3.28. The molecule has 1 unspecified atom stereocenters. The molecule has 0 aliphatic heterocycles. The zero-order valence-electron chi connectivity index (χ0n) is 15.0. The summed E-state index contributed by atoms with van der Waals surface area (Å²) in [4.78, 5) is 34.4. The largest absolute Gasteiger partial charge is 0.345 e. The minimum absolute atomic E-state index is 0.0966. The fourth-order valence-electron chi connectivity index (χ4n) is 3.92. The molecule has 0 amide bonds. The molecule has 0 aromatic carbocycles. The van der Waals surface area contributed by atoms with Gasteiger partial charge in [-0.15, -0.1) is 0 Å². The molecule has 4 rings (SSSR count). The second kappa shape index (κ2) is 7.19. The first kappa shape index (κ1) is 17.2. The Morgan fingerprint density at radius 2 is 2.15 bits per heavy atom. The van der Waals surface area contributed by atoms with E-state index in [2.05, 4.69) is 27.6 Å². The van der Waals surface area contributed by atoms with Crippen LogP contribution in [0.3, 0.4) is 0 Å². The van der Waals surface area contributed by atoms with Gasteiger partial charge in [0.15, 0.2) is 5.78 Å². The van der Waals surface area contributed by atoms with E-state index in [4.69, 9.17) is 0 Å². The minimum atomic E-state index is -0.125. The van der Waals surface area contributed by atoms with Crippen LogP contribution in [-0.2, 0) is 4.79 Å². The van der Waals surface area contributed by atoms with E-state index in [1.54, 1.807) is 12.4 Å². The lowest BCUT2D eigenvalue weighted by Crippen LogP contribution is -2.11. The van der Waals surface area contributed by atoms with Crippen LogP contribution in [0.15, 0.2) is 60.3 Å². The van der Waals surface area contributed by atoms with Crippen molar-refractivity contribution in [1.29, 1.82) is 0 Å². The van der Waals surface area contributed by atoms with Crippen molar-refractivity contribution in [3.8, 4) is 11.1 Å². The Labute approximate surface area is 156 Å². The van der Waals surface area contributed by atoms with E-state index in [9.17, 15) is 9.59 Å². The molecule has 136 valence electrons. The third-order valence-electron chi connectivity index (χ3n) is 5.22. The van der Waals surface area contributed by atoms with E-state index >= 15 is 0 Å². The zero-order valence-corrected chi connectivity index (χ0v) is 15.0.